The minimum atomic E-state index is -1.12. The van der Waals surface area contributed by atoms with Crippen LogP contribution in [-0.2, 0) is 17.9 Å². The largest absolute Gasteiger partial charge is 0.475 e. The zero-order valence-corrected chi connectivity index (χ0v) is 19.0. The molecule has 0 atom stereocenters. The van der Waals surface area contributed by atoms with Gasteiger partial charge >= 0.3 is 5.97 Å². The molecule has 2 aromatic carbocycles. The number of imide groups is 1. The molecule has 5 rings (SSSR count). The zero-order chi connectivity index (χ0) is 23.8. The fourth-order valence-electron chi connectivity index (χ4n) is 4.04. The molecule has 0 unspecified atom stereocenters. The Balaban J connectivity index is 1.45. The highest BCUT2D eigenvalue weighted by Crippen LogP contribution is 2.35. The number of aromatic nitrogens is 1. The van der Waals surface area contributed by atoms with Gasteiger partial charge in [0.1, 0.15) is 5.76 Å². The Morgan fingerprint density at radius 2 is 1.88 bits per heavy atom. The van der Waals surface area contributed by atoms with Crippen molar-refractivity contribution in [1.29, 1.82) is 0 Å². The van der Waals surface area contributed by atoms with Crippen molar-refractivity contribution in [2.45, 2.75) is 20.0 Å². The standard InChI is InChI=1S/C26H20N2O5S/c1-16-5-4-6-17(11-16)13-28-24(29)23(34-26(28)32)12-18-14-27(21-8-3-2-7-20(18)21)15-19-9-10-22(33-19)25(30)31/h2-12,14H,13,15H2,1H3,(H,30,31)/b23-12-. The minimum absolute atomic E-state index is 0.117. The Kier molecular flexibility index (Phi) is 5.59. The predicted molar refractivity (Wildman–Crippen MR) is 129 cm³/mol. The Morgan fingerprint density at radius 1 is 1.06 bits per heavy atom. The number of furan rings is 1. The molecule has 0 bridgehead atoms. The van der Waals surface area contributed by atoms with E-state index in [9.17, 15) is 14.4 Å². The van der Waals surface area contributed by atoms with Crippen molar-refractivity contribution in [3.63, 3.8) is 0 Å². The lowest BCUT2D eigenvalue weighted by Gasteiger charge is -2.12. The van der Waals surface area contributed by atoms with E-state index in [1.807, 2.05) is 66.2 Å². The maximum absolute atomic E-state index is 13.0. The second kappa shape index (κ2) is 8.72. The average molecular weight is 473 g/mol. The van der Waals surface area contributed by atoms with E-state index < -0.39 is 5.97 Å². The van der Waals surface area contributed by atoms with Crippen LogP contribution in [0.2, 0.25) is 0 Å². The Hall–Kier alpha value is -4.04. The van der Waals surface area contributed by atoms with Gasteiger partial charge in [0.05, 0.1) is 18.0 Å². The quantitative estimate of drug-likeness (QED) is 0.371. The number of carbonyl (C=O) groups is 3. The lowest BCUT2D eigenvalue weighted by molar-refractivity contribution is -0.123. The van der Waals surface area contributed by atoms with Crippen molar-refractivity contribution in [3.05, 3.63) is 100.0 Å². The number of hydrogen-bond acceptors (Lipinski definition) is 5. The number of carboxylic acids is 1. The number of rotatable bonds is 6. The summed E-state index contributed by atoms with van der Waals surface area (Å²) in [6.45, 7) is 2.53. The number of para-hydroxylation sites is 1. The van der Waals surface area contributed by atoms with Gasteiger partial charge in [-0.3, -0.25) is 14.5 Å². The summed E-state index contributed by atoms with van der Waals surface area (Å²) < 4.78 is 7.34. The number of aryl methyl sites for hydroxylation is 1. The van der Waals surface area contributed by atoms with Crippen LogP contribution < -0.4 is 0 Å². The summed E-state index contributed by atoms with van der Waals surface area (Å²) in [7, 11) is 0. The number of thioether (sulfide) groups is 1. The molecule has 1 fully saturated rings. The lowest BCUT2D eigenvalue weighted by atomic mass is 10.1. The van der Waals surface area contributed by atoms with Crippen LogP contribution in [0, 0.1) is 6.92 Å². The van der Waals surface area contributed by atoms with Crippen LogP contribution in [0.1, 0.15) is 33.0 Å². The number of aromatic carboxylic acids is 1. The van der Waals surface area contributed by atoms with Gasteiger partial charge in [-0.15, -0.1) is 0 Å². The highest BCUT2D eigenvalue weighted by Gasteiger charge is 2.35. The molecule has 2 aromatic heterocycles. The molecule has 34 heavy (non-hydrogen) atoms. The molecule has 1 aliphatic rings. The van der Waals surface area contributed by atoms with Crippen molar-refractivity contribution in [1.82, 2.24) is 9.47 Å². The summed E-state index contributed by atoms with van der Waals surface area (Å²) in [5.41, 5.74) is 3.67. The van der Waals surface area contributed by atoms with Gasteiger partial charge in [-0.05, 0) is 48.5 Å². The molecule has 2 amide bonds. The third-order valence-corrected chi connectivity index (χ3v) is 6.51. The van der Waals surface area contributed by atoms with Crippen molar-refractivity contribution in [3.8, 4) is 0 Å². The maximum atomic E-state index is 13.0. The Bertz CT molecular complexity index is 1480. The van der Waals surface area contributed by atoms with E-state index in [1.165, 1.54) is 11.0 Å². The second-order valence-corrected chi connectivity index (χ2v) is 9.05. The van der Waals surface area contributed by atoms with Crippen molar-refractivity contribution in [2.24, 2.45) is 0 Å². The molecule has 3 heterocycles. The molecular weight excluding hydrogens is 452 g/mol. The summed E-state index contributed by atoms with van der Waals surface area (Å²) in [6.07, 6.45) is 3.62. The third kappa shape index (κ3) is 4.15. The van der Waals surface area contributed by atoms with Gasteiger partial charge in [0.2, 0.25) is 5.76 Å². The zero-order valence-electron chi connectivity index (χ0n) is 18.2. The van der Waals surface area contributed by atoms with E-state index in [2.05, 4.69) is 0 Å². The van der Waals surface area contributed by atoms with Crippen LogP contribution in [0.5, 0.6) is 0 Å². The normalized spacial score (nSPS) is 15.1. The molecule has 1 saturated heterocycles. The summed E-state index contributed by atoms with van der Waals surface area (Å²) >= 11 is 0.934. The summed E-state index contributed by atoms with van der Waals surface area (Å²) in [6, 6.07) is 18.5. The monoisotopic (exact) mass is 472 g/mol. The molecule has 4 aromatic rings. The second-order valence-electron chi connectivity index (χ2n) is 8.06. The summed E-state index contributed by atoms with van der Waals surface area (Å²) in [5, 5.41) is 9.72. The molecule has 0 aliphatic carbocycles. The number of benzene rings is 2. The topological polar surface area (TPSA) is 92.8 Å². The SMILES string of the molecule is Cc1cccc(CN2C(=O)S/C(=C\c3cn(Cc4ccc(C(=O)O)o4)c4ccccc34)C2=O)c1. The summed E-state index contributed by atoms with van der Waals surface area (Å²) in [5.74, 6) is -1.05. The van der Waals surface area contributed by atoms with E-state index in [0.717, 1.165) is 39.4 Å². The van der Waals surface area contributed by atoms with Gasteiger partial charge in [0.15, 0.2) is 0 Å². The lowest BCUT2D eigenvalue weighted by Crippen LogP contribution is -2.27. The van der Waals surface area contributed by atoms with E-state index in [1.54, 1.807) is 12.1 Å². The smallest absolute Gasteiger partial charge is 0.371 e. The van der Waals surface area contributed by atoms with Crippen LogP contribution in [0.4, 0.5) is 4.79 Å². The van der Waals surface area contributed by atoms with Crippen LogP contribution in [0.25, 0.3) is 17.0 Å². The van der Waals surface area contributed by atoms with Gasteiger partial charge in [0.25, 0.3) is 11.1 Å². The molecule has 8 heteroatoms. The first-order valence-corrected chi connectivity index (χ1v) is 11.4. The molecule has 7 nitrogen and oxygen atoms in total. The molecule has 1 aliphatic heterocycles. The van der Waals surface area contributed by atoms with Crippen LogP contribution in [-0.4, -0.2) is 31.7 Å². The highest BCUT2D eigenvalue weighted by atomic mass is 32.2. The van der Waals surface area contributed by atoms with Gasteiger partial charge in [-0.1, -0.05) is 48.0 Å². The number of carboxylic acid groups (broad SMARTS) is 1. The highest BCUT2D eigenvalue weighted by molar-refractivity contribution is 8.18. The Labute approximate surface area is 199 Å². The molecule has 170 valence electrons. The first-order valence-electron chi connectivity index (χ1n) is 10.6. The third-order valence-electron chi connectivity index (χ3n) is 5.60. The van der Waals surface area contributed by atoms with E-state index in [0.29, 0.717) is 17.2 Å². The molecule has 0 radical (unpaired) electrons. The van der Waals surface area contributed by atoms with Crippen LogP contribution in [0.15, 0.2) is 76.2 Å². The molecular formula is C26H20N2O5S. The number of hydrogen-bond donors (Lipinski definition) is 1. The first-order chi connectivity index (χ1) is 16.4. The van der Waals surface area contributed by atoms with Crippen LogP contribution in [0.3, 0.4) is 0 Å². The fourth-order valence-corrected chi connectivity index (χ4v) is 4.87. The molecule has 1 N–H and O–H groups in total. The minimum Gasteiger partial charge on any atom is -0.475 e. The van der Waals surface area contributed by atoms with Crippen molar-refractivity contribution < 1.29 is 23.9 Å². The number of carbonyl (C=O) groups excluding carboxylic acids is 2. The predicted octanol–water partition coefficient (Wildman–Crippen LogP) is 5.53. The Morgan fingerprint density at radius 3 is 2.65 bits per heavy atom. The number of amides is 2. The van der Waals surface area contributed by atoms with Crippen LogP contribution >= 0.6 is 11.8 Å². The van der Waals surface area contributed by atoms with E-state index >= 15 is 0 Å². The van der Waals surface area contributed by atoms with Gasteiger partial charge in [-0.25, -0.2) is 4.79 Å². The fraction of sp³-hybridized carbons (Fsp3) is 0.115. The van der Waals surface area contributed by atoms with Gasteiger partial charge in [-0.2, -0.15) is 0 Å². The van der Waals surface area contributed by atoms with Gasteiger partial charge in [0, 0.05) is 22.7 Å². The van der Waals surface area contributed by atoms with Crippen molar-refractivity contribution >= 4 is 45.9 Å². The van der Waals surface area contributed by atoms with Crippen molar-refractivity contribution in [2.75, 3.05) is 0 Å². The summed E-state index contributed by atoms with van der Waals surface area (Å²) in [4.78, 5) is 38.4. The van der Waals surface area contributed by atoms with E-state index in [4.69, 9.17) is 9.52 Å². The maximum Gasteiger partial charge on any atom is 0.371 e. The van der Waals surface area contributed by atoms with E-state index in [-0.39, 0.29) is 23.5 Å². The average Bonchev–Trinajstić information content (AvgIpc) is 3.48. The van der Waals surface area contributed by atoms with Gasteiger partial charge < -0.3 is 14.1 Å². The number of nitrogens with zero attached hydrogens (tertiary/aromatic N) is 2. The molecule has 0 spiro atoms. The first kappa shape index (κ1) is 21.8. The molecule has 0 saturated carbocycles. The number of fused-ring (bicyclic) bond motifs is 1.